The molecule has 1 unspecified atom stereocenters. The van der Waals surface area contributed by atoms with Gasteiger partial charge in [-0.05, 0) is 83.6 Å². The third-order valence-electron chi connectivity index (χ3n) is 3.11. The molecule has 0 radical (unpaired) electrons. The molecule has 1 nitrogen and oxygen atoms in total. The van der Waals surface area contributed by atoms with Gasteiger partial charge in [0.05, 0.1) is 6.04 Å². The normalized spacial score (nSPS) is 12.5. The summed E-state index contributed by atoms with van der Waals surface area (Å²) in [4.78, 5) is 0. The molecule has 0 amide bonds. The summed E-state index contributed by atoms with van der Waals surface area (Å²) in [6, 6.07) is 10.5. The van der Waals surface area contributed by atoms with Crippen molar-refractivity contribution in [1.29, 1.82) is 0 Å². The average molecular weight is 390 g/mol. The molecule has 1 N–H and O–H groups in total. The molecule has 19 heavy (non-hydrogen) atoms. The molecule has 0 spiro atoms. The van der Waals surface area contributed by atoms with Crippen LogP contribution in [0.1, 0.15) is 22.7 Å². The largest absolute Gasteiger partial charge is 0.309 e. The number of rotatable bonds is 3. The smallest absolute Gasteiger partial charge is 0.123 e. The molecule has 0 saturated carbocycles. The van der Waals surface area contributed by atoms with Gasteiger partial charge >= 0.3 is 0 Å². The van der Waals surface area contributed by atoms with Crippen molar-refractivity contribution < 1.29 is 4.39 Å². The van der Waals surface area contributed by atoms with Crippen LogP contribution in [0.2, 0.25) is 5.02 Å². The van der Waals surface area contributed by atoms with E-state index in [1.807, 2.05) is 32.2 Å². The SMILES string of the molecule is CNC(c1cc(F)ccc1C)c1cc(Cl)ccc1I. The molecule has 0 saturated heterocycles. The number of hydrogen-bond donors (Lipinski definition) is 1. The third-order valence-corrected chi connectivity index (χ3v) is 4.33. The van der Waals surface area contributed by atoms with Gasteiger partial charge in [-0.2, -0.15) is 0 Å². The maximum atomic E-state index is 13.5. The first-order valence-electron chi connectivity index (χ1n) is 5.91. The van der Waals surface area contributed by atoms with Gasteiger partial charge in [-0.25, -0.2) is 4.39 Å². The molecule has 4 heteroatoms. The highest BCUT2D eigenvalue weighted by atomic mass is 127. The molecule has 0 heterocycles. The lowest BCUT2D eigenvalue weighted by atomic mass is 9.95. The predicted octanol–water partition coefficient (Wildman–Crippen LogP) is 4.70. The summed E-state index contributed by atoms with van der Waals surface area (Å²) in [5, 5.41) is 3.93. The van der Waals surface area contributed by atoms with Gasteiger partial charge in [-0.1, -0.05) is 17.7 Å². The van der Waals surface area contributed by atoms with Gasteiger partial charge in [-0.3, -0.25) is 0 Å². The van der Waals surface area contributed by atoms with E-state index in [4.69, 9.17) is 11.6 Å². The number of benzene rings is 2. The summed E-state index contributed by atoms with van der Waals surface area (Å²) in [6.45, 7) is 1.98. The minimum atomic E-state index is -0.224. The summed E-state index contributed by atoms with van der Waals surface area (Å²) in [5.41, 5.74) is 3.04. The van der Waals surface area contributed by atoms with Gasteiger partial charge in [0.1, 0.15) is 5.82 Å². The van der Waals surface area contributed by atoms with E-state index in [1.165, 1.54) is 6.07 Å². The first-order valence-corrected chi connectivity index (χ1v) is 7.37. The van der Waals surface area contributed by atoms with Crippen LogP contribution in [0.25, 0.3) is 0 Å². The lowest BCUT2D eigenvalue weighted by Crippen LogP contribution is -2.20. The fourth-order valence-corrected chi connectivity index (χ4v) is 2.96. The molecule has 0 bridgehead atoms. The Hall–Kier alpha value is -0.650. The second kappa shape index (κ2) is 6.20. The Morgan fingerprint density at radius 3 is 2.58 bits per heavy atom. The molecular formula is C15H14ClFIN. The second-order valence-corrected chi connectivity index (χ2v) is 5.99. The predicted molar refractivity (Wildman–Crippen MR) is 86.2 cm³/mol. The molecule has 0 aliphatic rings. The lowest BCUT2D eigenvalue weighted by molar-refractivity contribution is 0.614. The molecule has 1 atom stereocenters. The van der Waals surface area contributed by atoms with Gasteiger partial charge in [0.25, 0.3) is 0 Å². The summed E-state index contributed by atoms with van der Waals surface area (Å²) >= 11 is 8.34. The van der Waals surface area contributed by atoms with Crippen LogP contribution < -0.4 is 5.32 Å². The molecule has 100 valence electrons. The van der Waals surface area contributed by atoms with Crippen LogP contribution in [-0.4, -0.2) is 7.05 Å². The Labute approximate surface area is 131 Å². The van der Waals surface area contributed by atoms with Crippen LogP contribution in [0.15, 0.2) is 36.4 Å². The van der Waals surface area contributed by atoms with Crippen LogP contribution in [0, 0.1) is 16.3 Å². The van der Waals surface area contributed by atoms with Gasteiger partial charge in [0.2, 0.25) is 0 Å². The third kappa shape index (κ3) is 3.27. The van der Waals surface area contributed by atoms with E-state index in [2.05, 4.69) is 27.9 Å². The van der Waals surface area contributed by atoms with E-state index >= 15 is 0 Å². The van der Waals surface area contributed by atoms with Crippen molar-refractivity contribution >= 4 is 34.2 Å². The van der Waals surface area contributed by atoms with Crippen LogP contribution >= 0.6 is 34.2 Å². The molecule has 2 aromatic carbocycles. The molecule has 0 fully saturated rings. The van der Waals surface area contributed by atoms with Gasteiger partial charge < -0.3 is 5.32 Å². The zero-order valence-corrected chi connectivity index (χ0v) is 13.6. The summed E-state index contributed by atoms with van der Waals surface area (Å²) < 4.78 is 14.6. The molecule has 2 aromatic rings. The maximum absolute atomic E-state index is 13.5. The molecule has 0 aromatic heterocycles. The first-order chi connectivity index (χ1) is 9.02. The van der Waals surface area contributed by atoms with E-state index in [9.17, 15) is 4.39 Å². The van der Waals surface area contributed by atoms with Crippen molar-refractivity contribution in [3.8, 4) is 0 Å². The van der Waals surface area contributed by atoms with E-state index in [0.717, 1.165) is 20.3 Å². The molecule has 0 aliphatic carbocycles. The van der Waals surface area contributed by atoms with E-state index in [1.54, 1.807) is 12.1 Å². The van der Waals surface area contributed by atoms with Gasteiger partial charge in [0, 0.05) is 8.59 Å². The average Bonchev–Trinajstić information content (AvgIpc) is 2.38. The minimum absolute atomic E-state index is 0.0682. The van der Waals surface area contributed by atoms with Crippen molar-refractivity contribution in [2.24, 2.45) is 0 Å². The van der Waals surface area contributed by atoms with E-state index < -0.39 is 0 Å². The second-order valence-electron chi connectivity index (χ2n) is 4.39. The van der Waals surface area contributed by atoms with E-state index in [0.29, 0.717) is 5.02 Å². The van der Waals surface area contributed by atoms with Crippen LogP contribution in [0.4, 0.5) is 4.39 Å². The number of halogens is 3. The topological polar surface area (TPSA) is 12.0 Å². The minimum Gasteiger partial charge on any atom is -0.309 e. The monoisotopic (exact) mass is 389 g/mol. The zero-order valence-electron chi connectivity index (χ0n) is 10.7. The van der Waals surface area contributed by atoms with E-state index in [-0.39, 0.29) is 11.9 Å². The number of hydrogen-bond acceptors (Lipinski definition) is 1. The Morgan fingerprint density at radius 2 is 1.89 bits per heavy atom. The molecular weight excluding hydrogens is 376 g/mol. The van der Waals surface area contributed by atoms with Crippen molar-refractivity contribution in [2.75, 3.05) is 7.05 Å². The molecule has 2 rings (SSSR count). The zero-order chi connectivity index (χ0) is 14.0. The highest BCUT2D eigenvalue weighted by Crippen LogP contribution is 2.30. The van der Waals surface area contributed by atoms with Crippen molar-refractivity contribution in [2.45, 2.75) is 13.0 Å². The Morgan fingerprint density at radius 1 is 1.16 bits per heavy atom. The Kier molecular flexibility index (Phi) is 4.81. The van der Waals surface area contributed by atoms with Crippen molar-refractivity contribution in [1.82, 2.24) is 5.32 Å². The van der Waals surface area contributed by atoms with Gasteiger partial charge in [0.15, 0.2) is 0 Å². The Bertz CT molecular complexity index is 549. The molecule has 0 aliphatic heterocycles. The fraction of sp³-hybridized carbons (Fsp3) is 0.200. The lowest BCUT2D eigenvalue weighted by Gasteiger charge is -2.21. The number of aryl methyl sites for hydroxylation is 1. The van der Waals surface area contributed by atoms with Crippen LogP contribution in [0.3, 0.4) is 0 Å². The van der Waals surface area contributed by atoms with Crippen LogP contribution in [0.5, 0.6) is 0 Å². The first kappa shape index (κ1) is 14.8. The quantitative estimate of drug-likeness (QED) is 0.750. The van der Waals surface area contributed by atoms with Crippen LogP contribution in [-0.2, 0) is 0 Å². The van der Waals surface area contributed by atoms with Gasteiger partial charge in [-0.15, -0.1) is 0 Å². The fourth-order valence-electron chi connectivity index (χ4n) is 2.14. The maximum Gasteiger partial charge on any atom is 0.123 e. The summed E-state index contributed by atoms with van der Waals surface area (Å²) in [5.74, 6) is -0.224. The number of nitrogens with one attached hydrogen (secondary N) is 1. The standard InChI is InChI=1S/C15H14ClFIN/c1-9-3-5-11(17)8-12(9)15(19-2)13-7-10(16)4-6-14(13)18/h3-8,15,19H,1-2H3. The van der Waals surface area contributed by atoms with Crippen molar-refractivity contribution in [3.63, 3.8) is 0 Å². The summed E-state index contributed by atoms with van der Waals surface area (Å²) in [7, 11) is 1.87. The van der Waals surface area contributed by atoms with Crippen molar-refractivity contribution in [3.05, 3.63) is 67.5 Å². The Balaban J connectivity index is 2.55. The summed E-state index contributed by atoms with van der Waals surface area (Å²) in [6.07, 6.45) is 0. The highest BCUT2D eigenvalue weighted by molar-refractivity contribution is 14.1. The highest BCUT2D eigenvalue weighted by Gasteiger charge is 2.17.